The molecule has 19 heavy (non-hydrogen) atoms. The normalized spacial score (nSPS) is 10.7. The molecule has 6 nitrogen and oxygen atoms in total. The fraction of sp³-hybridized carbons (Fsp3) is 0.308. The molecule has 0 saturated heterocycles. The monoisotopic (exact) mass is 260 g/mol. The molecular formula is C13H16N4O2. The fourth-order valence-corrected chi connectivity index (χ4v) is 2.10. The van der Waals surface area contributed by atoms with Crippen LogP contribution >= 0.6 is 0 Å². The summed E-state index contributed by atoms with van der Waals surface area (Å²) in [4.78, 5) is 10.4. The highest BCUT2D eigenvalue weighted by Crippen LogP contribution is 2.21. The van der Waals surface area contributed by atoms with Crippen molar-refractivity contribution in [1.82, 2.24) is 15.1 Å². The van der Waals surface area contributed by atoms with E-state index in [-0.39, 0.29) is 5.69 Å². The van der Waals surface area contributed by atoms with Gasteiger partial charge in [-0.1, -0.05) is 6.07 Å². The van der Waals surface area contributed by atoms with Gasteiger partial charge in [-0.25, -0.2) is 4.68 Å². The predicted octanol–water partition coefficient (Wildman–Crippen LogP) is 2.12. The van der Waals surface area contributed by atoms with Crippen LogP contribution in [0, 0.1) is 24.0 Å². The Morgan fingerprint density at radius 1 is 1.42 bits per heavy atom. The number of nitrogens with one attached hydrogen (secondary N) is 1. The van der Waals surface area contributed by atoms with Crippen LogP contribution < -0.4 is 5.32 Å². The molecule has 1 aromatic carbocycles. The summed E-state index contributed by atoms with van der Waals surface area (Å²) in [5.74, 6) is 0. The Morgan fingerprint density at radius 2 is 2.16 bits per heavy atom. The van der Waals surface area contributed by atoms with Gasteiger partial charge < -0.3 is 5.32 Å². The van der Waals surface area contributed by atoms with Gasteiger partial charge in [0, 0.05) is 29.9 Å². The summed E-state index contributed by atoms with van der Waals surface area (Å²) in [6, 6.07) is 6.49. The van der Waals surface area contributed by atoms with Crippen LogP contribution in [-0.4, -0.2) is 21.8 Å². The van der Waals surface area contributed by atoms with Crippen LogP contribution in [0.25, 0.3) is 5.69 Å². The average Bonchev–Trinajstić information content (AvgIpc) is 2.67. The number of aromatic nitrogens is 2. The van der Waals surface area contributed by atoms with Crippen molar-refractivity contribution in [2.45, 2.75) is 20.4 Å². The first kappa shape index (κ1) is 13.2. The van der Waals surface area contributed by atoms with Gasteiger partial charge in [-0.05, 0) is 27.0 Å². The molecule has 0 spiro atoms. The average molecular weight is 260 g/mol. The predicted molar refractivity (Wildman–Crippen MR) is 72.5 cm³/mol. The summed E-state index contributed by atoms with van der Waals surface area (Å²) in [7, 11) is 1.88. The number of nitro groups is 1. The summed E-state index contributed by atoms with van der Waals surface area (Å²) in [5, 5.41) is 18.4. The zero-order chi connectivity index (χ0) is 14.0. The Labute approximate surface area is 111 Å². The van der Waals surface area contributed by atoms with E-state index in [0.29, 0.717) is 5.69 Å². The molecule has 1 heterocycles. The van der Waals surface area contributed by atoms with E-state index in [2.05, 4.69) is 10.4 Å². The molecule has 2 aromatic rings. The van der Waals surface area contributed by atoms with Gasteiger partial charge in [0.15, 0.2) is 0 Å². The lowest BCUT2D eigenvalue weighted by Crippen LogP contribution is -2.07. The van der Waals surface area contributed by atoms with Crippen LogP contribution in [-0.2, 0) is 6.54 Å². The molecule has 0 aliphatic carbocycles. The Balaban J connectivity index is 2.50. The third kappa shape index (κ3) is 2.48. The number of nitro benzene ring substituents is 1. The van der Waals surface area contributed by atoms with E-state index in [1.54, 1.807) is 10.7 Å². The van der Waals surface area contributed by atoms with E-state index in [1.165, 1.54) is 12.1 Å². The van der Waals surface area contributed by atoms with Crippen LogP contribution in [0.15, 0.2) is 24.3 Å². The van der Waals surface area contributed by atoms with Crippen molar-refractivity contribution in [3.05, 3.63) is 51.3 Å². The van der Waals surface area contributed by atoms with Crippen molar-refractivity contribution in [3.8, 4) is 5.69 Å². The van der Waals surface area contributed by atoms with Crippen LogP contribution in [0.4, 0.5) is 5.69 Å². The van der Waals surface area contributed by atoms with Gasteiger partial charge in [-0.3, -0.25) is 10.1 Å². The fourth-order valence-electron chi connectivity index (χ4n) is 2.10. The zero-order valence-corrected chi connectivity index (χ0v) is 11.2. The zero-order valence-electron chi connectivity index (χ0n) is 11.2. The van der Waals surface area contributed by atoms with Gasteiger partial charge in [0.05, 0.1) is 16.3 Å². The molecule has 0 atom stereocenters. The van der Waals surface area contributed by atoms with Gasteiger partial charge in [0.2, 0.25) is 0 Å². The molecule has 6 heteroatoms. The smallest absolute Gasteiger partial charge is 0.271 e. The van der Waals surface area contributed by atoms with E-state index in [0.717, 1.165) is 23.5 Å². The third-order valence-corrected chi connectivity index (χ3v) is 3.08. The second kappa shape index (κ2) is 5.19. The Morgan fingerprint density at radius 3 is 2.79 bits per heavy atom. The number of hydrogen-bond acceptors (Lipinski definition) is 4. The van der Waals surface area contributed by atoms with Crippen LogP contribution in [0.3, 0.4) is 0 Å². The minimum Gasteiger partial charge on any atom is -0.316 e. The second-order valence-electron chi connectivity index (χ2n) is 4.37. The van der Waals surface area contributed by atoms with E-state index >= 15 is 0 Å². The van der Waals surface area contributed by atoms with Crippen molar-refractivity contribution >= 4 is 5.69 Å². The molecule has 0 unspecified atom stereocenters. The summed E-state index contributed by atoms with van der Waals surface area (Å²) in [5.41, 5.74) is 3.82. The first-order valence-corrected chi connectivity index (χ1v) is 5.99. The molecule has 0 bridgehead atoms. The number of aryl methyl sites for hydroxylation is 1. The lowest BCUT2D eigenvalue weighted by atomic mass is 10.2. The Hall–Kier alpha value is -2.21. The highest BCUT2D eigenvalue weighted by atomic mass is 16.6. The maximum atomic E-state index is 10.8. The highest BCUT2D eigenvalue weighted by Gasteiger charge is 2.14. The molecule has 0 radical (unpaired) electrons. The van der Waals surface area contributed by atoms with Crippen LogP contribution in [0.1, 0.15) is 17.0 Å². The number of non-ortho nitro benzene ring substituents is 1. The molecular weight excluding hydrogens is 244 g/mol. The van der Waals surface area contributed by atoms with E-state index in [4.69, 9.17) is 0 Å². The van der Waals surface area contributed by atoms with E-state index < -0.39 is 4.92 Å². The van der Waals surface area contributed by atoms with Crippen molar-refractivity contribution in [2.24, 2.45) is 0 Å². The molecule has 1 N–H and O–H groups in total. The minimum absolute atomic E-state index is 0.0696. The maximum Gasteiger partial charge on any atom is 0.271 e. The second-order valence-corrected chi connectivity index (χ2v) is 4.37. The maximum absolute atomic E-state index is 10.8. The summed E-state index contributed by atoms with van der Waals surface area (Å²) < 4.78 is 1.75. The minimum atomic E-state index is -0.399. The lowest BCUT2D eigenvalue weighted by Gasteiger charge is -2.05. The van der Waals surface area contributed by atoms with E-state index in [9.17, 15) is 10.1 Å². The molecule has 100 valence electrons. The number of nitrogens with zero attached hydrogens (tertiary/aromatic N) is 3. The standard InChI is InChI=1S/C13H16N4O2/c1-9-13(8-14-3)10(2)16(15-9)11-5-4-6-12(7-11)17(18)19/h4-7,14H,8H2,1-3H3. The Bertz CT molecular complexity index is 619. The molecule has 1 aromatic heterocycles. The summed E-state index contributed by atoms with van der Waals surface area (Å²) in [6.07, 6.45) is 0. The summed E-state index contributed by atoms with van der Waals surface area (Å²) >= 11 is 0. The van der Waals surface area contributed by atoms with Gasteiger partial charge in [0.25, 0.3) is 5.69 Å². The largest absolute Gasteiger partial charge is 0.316 e. The van der Waals surface area contributed by atoms with Crippen molar-refractivity contribution in [3.63, 3.8) is 0 Å². The van der Waals surface area contributed by atoms with Gasteiger partial charge in [0.1, 0.15) is 0 Å². The van der Waals surface area contributed by atoms with Crippen molar-refractivity contribution < 1.29 is 4.92 Å². The first-order chi connectivity index (χ1) is 9.04. The molecule has 0 fully saturated rings. The van der Waals surface area contributed by atoms with Crippen molar-refractivity contribution in [2.75, 3.05) is 7.05 Å². The van der Waals surface area contributed by atoms with Crippen molar-refractivity contribution in [1.29, 1.82) is 0 Å². The van der Waals surface area contributed by atoms with E-state index in [1.807, 2.05) is 27.0 Å². The molecule has 0 aliphatic heterocycles. The first-order valence-electron chi connectivity index (χ1n) is 5.99. The molecule has 0 saturated carbocycles. The quantitative estimate of drug-likeness (QED) is 0.675. The highest BCUT2D eigenvalue weighted by molar-refractivity contribution is 5.44. The van der Waals surface area contributed by atoms with Crippen LogP contribution in [0.2, 0.25) is 0 Å². The third-order valence-electron chi connectivity index (χ3n) is 3.08. The number of rotatable bonds is 4. The SMILES string of the molecule is CNCc1c(C)nn(-c2cccc([N+](=O)[O-])c2)c1C. The Kier molecular flexibility index (Phi) is 3.62. The van der Waals surface area contributed by atoms with Gasteiger partial charge in [-0.2, -0.15) is 5.10 Å². The van der Waals surface area contributed by atoms with Gasteiger partial charge in [-0.15, -0.1) is 0 Å². The molecule has 0 aliphatic rings. The topological polar surface area (TPSA) is 73.0 Å². The number of hydrogen-bond donors (Lipinski definition) is 1. The lowest BCUT2D eigenvalue weighted by molar-refractivity contribution is -0.384. The number of benzene rings is 1. The molecule has 2 rings (SSSR count). The summed E-state index contributed by atoms with van der Waals surface area (Å²) in [6.45, 7) is 4.63. The molecule has 0 amide bonds. The van der Waals surface area contributed by atoms with Gasteiger partial charge >= 0.3 is 0 Å². The van der Waals surface area contributed by atoms with Crippen LogP contribution in [0.5, 0.6) is 0 Å².